The van der Waals surface area contributed by atoms with Crippen LogP contribution in [0.15, 0.2) is 36.7 Å². The molecule has 20 heavy (non-hydrogen) atoms. The number of hydrogen-bond acceptors (Lipinski definition) is 3. The summed E-state index contributed by atoms with van der Waals surface area (Å²) in [6.07, 6.45) is 5.97. The summed E-state index contributed by atoms with van der Waals surface area (Å²) in [6.45, 7) is 2.92. The molecule has 3 nitrogen and oxygen atoms in total. The summed E-state index contributed by atoms with van der Waals surface area (Å²) in [4.78, 5) is 4.18. The van der Waals surface area contributed by atoms with Crippen molar-refractivity contribution in [3.8, 4) is 5.75 Å². The Kier molecular flexibility index (Phi) is 3.70. The van der Waals surface area contributed by atoms with Gasteiger partial charge in [0.05, 0.1) is 12.6 Å². The maximum atomic E-state index is 5.94. The van der Waals surface area contributed by atoms with Crippen LogP contribution in [0.1, 0.15) is 34.7 Å². The third kappa shape index (κ3) is 2.29. The lowest BCUT2D eigenvalue weighted by Gasteiger charge is -2.26. The highest BCUT2D eigenvalue weighted by atomic mass is 16.5. The van der Waals surface area contributed by atoms with Crippen molar-refractivity contribution in [2.75, 3.05) is 13.7 Å². The third-order valence-corrected chi connectivity index (χ3v) is 3.94. The van der Waals surface area contributed by atoms with Gasteiger partial charge in [-0.05, 0) is 49.6 Å². The van der Waals surface area contributed by atoms with Crippen molar-refractivity contribution in [2.24, 2.45) is 0 Å². The van der Waals surface area contributed by atoms with Crippen LogP contribution in [-0.2, 0) is 6.42 Å². The van der Waals surface area contributed by atoms with E-state index >= 15 is 0 Å². The van der Waals surface area contributed by atoms with E-state index in [9.17, 15) is 0 Å². The van der Waals surface area contributed by atoms with Gasteiger partial charge in [0, 0.05) is 18.0 Å². The SMILES string of the molecule is CNC(c1ccncc1C)c1cccc2c1OCCC2. The largest absolute Gasteiger partial charge is 0.493 e. The molecule has 1 aromatic carbocycles. The summed E-state index contributed by atoms with van der Waals surface area (Å²) >= 11 is 0. The van der Waals surface area contributed by atoms with Gasteiger partial charge in [-0.15, -0.1) is 0 Å². The number of aromatic nitrogens is 1. The van der Waals surface area contributed by atoms with Crippen LogP contribution in [0.2, 0.25) is 0 Å². The molecule has 0 aliphatic carbocycles. The predicted octanol–water partition coefficient (Wildman–Crippen LogP) is 3.02. The second kappa shape index (κ2) is 5.63. The van der Waals surface area contributed by atoms with Crippen molar-refractivity contribution in [3.05, 3.63) is 58.9 Å². The zero-order chi connectivity index (χ0) is 13.9. The van der Waals surface area contributed by atoms with Crippen molar-refractivity contribution in [1.82, 2.24) is 10.3 Å². The van der Waals surface area contributed by atoms with Gasteiger partial charge in [-0.3, -0.25) is 4.98 Å². The first kappa shape index (κ1) is 13.1. The van der Waals surface area contributed by atoms with E-state index in [2.05, 4.69) is 41.5 Å². The summed E-state index contributed by atoms with van der Waals surface area (Å²) in [7, 11) is 1.99. The molecule has 1 aliphatic heterocycles. The minimum atomic E-state index is 0.144. The average Bonchev–Trinajstić information content (AvgIpc) is 2.50. The first-order chi connectivity index (χ1) is 9.81. The molecule has 1 N–H and O–H groups in total. The summed E-state index contributed by atoms with van der Waals surface area (Å²) in [5.41, 5.74) is 4.99. The molecule has 104 valence electrons. The molecular weight excluding hydrogens is 248 g/mol. The quantitative estimate of drug-likeness (QED) is 0.929. The Morgan fingerprint density at radius 3 is 2.95 bits per heavy atom. The molecule has 0 fully saturated rings. The molecule has 1 unspecified atom stereocenters. The van der Waals surface area contributed by atoms with Gasteiger partial charge >= 0.3 is 0 Å². The molecule has 3 heteroatoms. The summed E-state index contributed by atoms with van der Waals surface area (Å²) in [6, 6.07) is 8.68. The molecule has 1 aliphatic rings. The van der Waals surface area contributed by atoms with E-state index in [1.54, 1.807) is 0 Å². The minimum Gasteiger partial charge on any atom is -0.493 e. The number of benzene rings is 1. The fraction of sp³-hybridized carbons (Fsp3) is 0.353. The lowest BCUT2D eigenvalue weighted by molar-refractivity contribution is 0.283. The Hall–Kier alpha value is -1.87. The van der Waals surface area contributed by atoms with E-state index in [1.165, 1.54) is 22.3 Å². The molecule has 0 amide bonds. The van der Waals surface area contributed by atoms with E-state index in [0.717, 1.165) is 25.2 Å². The molecule has 2 heterocycles. The average molecular weight is 268 g/mol. The van der Waals surface area contributed by atoms with E-state index in [-0.39, 0.29) is 6.04 Å². The van der Waals surface area contributed by atoms with E-state index in [4.69, 9.17) is 4.74 Å². The lowest BCUT2D eigenvalue weighted by Crippen LogP contribution is -2.21. The van der Waals surface area contributed by atoms with Crippen molar-refractivity contribution in [2.45, 2.75) is 25.8 Å². The van der Waals surface area contributed by atoms with Crippen molar-refractivity contribution in [3.63, 3.8) is 0 Å². The second-order valence-electron chi connectivity index (χ2n) is 5.24. The first-order valence-electron chi connectivity index (χ1n) is 7.13. The van der Waals surface area contributed by atoms with E-state index in [1.807, 2.05) is 19.4 Å². The number of rotatable bonds is 3. The van der Waals surface area contributed by atoms with Gasteiger partial charge in [-0.2, -0.15) is 0 Å². The highest BCUT2D eigenvalue weighted by molar-refractivity contribution is 5.48. The van der Waals surface area contributed by atoms with Gasteiger partial charge < -0.3 is 10.1 Å². The normalized spacial score (nSPS) is 15.3. The molecule has 1 atom stereocenters. The van der Waals surface area contributed by atoms with Crippen LogP contribution < -0.4 is 10.1 Å². The molecule has 0 spiro atoms. The number of ether oxygens (including phenoxy) is 1. The van der Waals surface area contributed by atoms with Gasteiger partial charge in [0.15, 0.2) is 0 Å². The van der Waals surface area contributed by atoms with Crippen molar-refractivity contribution >= 4 is 0 Å². The van der Waals surface area contributed by atoms with Gasteiger partial charge in [-0.25, -0.2) is 0 Å². The highest BCUT2D eigenvalue weighted by Crippen LogP contribution is 2.36. The number of fused-ring (bicyclic) bond motifs is 1. The van der Waals surface area contributed by atoms with Crippen LogP contribution in [-0.4, -0.2) is 18.6 Å². The molecular formula is C17H20N2O. The standard InChI is InChI=1S/C17H20N2O/c1-12-11-19-9-8-14(12)16(18-2)15-7-3-5-13-6-4-10-20-17(13)15/h3,5,7-9,11,16,18H,4,6,10H2,1-2H3. The number of nitrogens with zero attached hydrogens (tertiary/aromatic N) is 1. The number of pyridine rings is 1. The molecule has 0 saturated carbocycles. The number of hydrogen-bond donors (Lipinski definition) is 1. The fourth-order valence-electron chi connectivity index (χ4n) is 2.93. The van der Waals surface area contributed by atoms with E-state index < -0.39 is 0 Å². The van der Waals surface area contributed by atoms with Crippen LogP contribution >= 0.6 is 0 Å². The maximum absolute atomic E-state index is 5.94. The molecule has 0 bridgehead atoms. The Labute approximate surface area is 120 Å². The topological polar surface area (TPSA) is 34.2 Å². The van der Waals surface area contributed by atoms with Gasteiger partial charge in [0.1, 0.15) is 5.75 Å². The molecule has 0 saturated heterocycles. The van der Waals surface area contributed by atoms with Gasteiger partial charge in [-0.1, -0.05) is 18.2 Å². The molecule has 1 aromatic heterocycles. The zero-order valence-electron chi connectivity index (χ0n) is 12.0. The molecule has 3 rings (SSSR count). The molecule has 2 aromatic rings. The summed E-state index contributed by atoms with van der Waals surface area (Å²) in [5.74, 6) is 1.06. The van der Waals surface area contributed by atoms with Crippen molar-refractivity contribution in [1.29, 1.82) is 0 Å². The first-order valence-corrected chi connectivity index (χ1v) is 7.13. The molecule has 0 radical (unpaired) electrons. The fourth-order valence-corrected chi connectivity index (χ4v) is 2.93. The van der Waals surface area contributed by atoms with Crippen LogP contribution in [0.5, 0.6) is 5.75 Å². The summed E-state index contributed by atoms with van der Waals surface area (Å²) in [5, 5.41) is 3.42. The number of nitrogens with one attached hydrogen (secondary N) is 1. The van der Waals surface area contributed by atoms with Crippen molar-refractivity contribution < 1.29 is 4.74 Å². The third-order valence-electron chi connectivity index (χ3n) is 3.94. The summed E-state index contributed by atoms with van der Waals surface area (Å²) < 4.78 is 5.94. The predicted molar refractivity (Wildman–Crippen MR) is 80.1 cm³/mol. The van der Waals surface area contributed by atoms with E-state index in [0.29, 0.717) is 0 Å². The van der Waals surface area contributed by atoms with Crippen LogP contribution in [0, 0.1) is 6.92 Å². The van der Waals surface area contributed by atoms with Gasteiger partial charge in [0.2, 0.25) is 0 Å². The van der Waals surface area contributed by atoms with Crippen LogP contribution in [0.4, 0.5) is 0 Å². The lowest BCUT2D eigenvalue weighted by atomic mass is 9.92. The number of aryl methyl sites for hydroxylation is 2. The Morgan fingerprint density at radius 2 is 2.15 bits per heavy atom. The Bertz CT molecular complexity index is 610. The Morgan fingerprint density at radius 1 is 1.25 bits per heavy atom. The monoisotopic (exact) mass is 268 g/mol. The second-order valence-corrected chi connectivity index (χ2v) is 5.24. The van der Waals surface area contributed by atoms with Crippen LogP contribution in [0.25, 0.3) is 0 Å². The maximum Gasteiger partial charge on any atom is 0.127 e. The Balaban J connectivity index is 2.09. The highest BCUT2D eigenvalue weighted by Gasteiger charge is 2.22. The zero-order valence-corrected chi connectivity index (χ0v) is 12.0. The van der Waals surface area contributed by atoms with Gasteiger partial charge in [0.25, 0.3) is 0 Å². The smallest absolute Gasteiger partial charge is 0.127 e. The number of para-hydroxylation sites is 1. The van der Waals surface area contributed by atoms with Crippen LogP contribution in [0.3, 0.4) is 0 Å². The minimum absolute atomic E-state index is 0.144.